The minimum absolute atomic E-state index is 0.00764. The molecule has 0 bridgehead atoms. The van der Waals surface area contributed by atoms with Gasteiger partial charge in [-0.25, -0.2) is 17.9 Å². The van der Waals surface area contributed by atoms with Gasteiger partial charge in [0.05, 0.1) is 24.1 Å². The number of nitrogens with two attached hydrogens (primary N) is 1. The Hall–Kier alpha value is -5.88. The number of sulfonamides is 1. The Labute approximate surface area is 361 Å². The third kappa shape index (κ3) is 12.4. The Morgan fingerprint density at radius 2 is 1.53 bits per heavy atom. The van der Waals surface area contributed by atoms with Gasteiger partial charge in [-0.3, -0.25) is 28.8 Å². The minimum Gasteiger partial charge on any atom is -0.449 e. The normalized spacial score (nSPS) is 18.3. The maximum Gasteiger partial charge on any atom is 0.407 e. The number of hydrogen-bond donors (Lipinski definition) is 6. The van der Waals surface area contributed by atoms with Crippen LogP contribution in [0.3, 0.4) is 0 Å². The number of carbonyl (C=O) groups excluding carboxylic acids is 7. The molecule has 0 radical (unpaired) electrons. The van der Waals surface area contributed by atoms with Crippen molar-refractivity contribution in [2.75, 3.05) is 19.7 Å². The van der Waals surface area contributed by atoms with Crippen LogP contribution in [0.5, 0.6) is 0 Å². The molecule has 1 saturated carbocycles. The Balaban J connectivity index is 1.36. The Morgan fingerprint density at radius 3 is 2.21 bits per heavy atom. The molecular weight excluding hydrogens is 819 g/mol. The van der Waals surface area contributed by atoms with E-state index in [1.807, 2.05) is 13.8 Å². The van der Waals surface area contributed by atoms with E-state index in [1.165, 1.54) is 11.0 Å². The summed E-state index contributed by atoms with van der Waals surface area (Å²) in [5, 5.41) is 11.2. The molecule has 1 saturated heterocycles. The molecule has 334 valence electrons. The van der Waals surface area contributed by atoms with Gasteiger partial charge in [-0.2, -0.15) is 0 Å². The highest BCUT2D eigenvalue weighted by Gasteiger charge is 2.46. The van der Waals surface area contributed by atoms with E-state index in [4.69, 9.17) is 10.5 Å². The van der Waals surface area contributed by atoms with Crippen molar-refractivity contribution < 1.29 is 46.7 Å². The van der Waals surface area contributed by atoms with Crippen LogP contribution in [0, 0.1) is 11.8 Å². The molecule has 5 rings (SSSR count). The number of benzene rings is 3. The summed E-state index contributed by atoms with van der Waals surface area (Å²) in [7, 11) is -4.22. The van der Waals surface area contributed by atoms with Crippen molar-refractivity contribution in [1.82, 2.24) is 30.9 Å². The summed E-state index contributed by atoms with van der Waals surface area (Å²) in [4.78, 5) is 94.9. The number of likely N-dealkylation sites (tertiary alicyclic amines) is 1. The first-order chi connectivity index (χ1) is 29.6. The van der Waals surface area contributed by atoms with E-state index in [-0.39, 0.29) is 42.7 Å². The van der Waals surface area contributed by atoms with Gasteiger partial charge in [-0.15, -0.1) is 0 Å². The molecule has 18 heteroatoms. The molecule has 1 aliphatic carbocycles. The van der Waals surface area contributed by atoms with Gasteiger partial charge in [-0.1, -0.05) is 113 Å². The Bertz CT molecular complexity index is 2210. The molecule has 6 amide bonds. The average Bonchev–Trinajstić information content (AvgIpc) is 3.68. The average molecular weight is 876 g/mol. The van der Waals surface area contributed by atoms with Crippen LogP contribution in [0.15, 0.2) is 77.7 Å². The van der Waals surface area contributed by atoms with Crippen molar-refractivity contribution in [2.45, 2.75) is 107 Å². The lowest BCUT2D eigenvalue weighted by Crippen LogP contribution is -2.58. The molecule has 2 fully saturated rings. The van der Waals surface area contributed by atoms with E-state index in [2.05, 4.69) is 26.0 Å². The van der Waals surface area contributed by atoms with Gasteiger partial charge in [0.15, 0.2) is 0 Å². The highest BCUT2D eigenvalue weighted by Crippen LogP contribution is 2.31. The van der Waals surface area contributed by atoms with E-state index in [0.717, 1.165) is 19.3 Å². The Kier molecular flexibility index (Phi) is 16.6. The van der Waals surface area contributed by atoms with Crippen molar-refractivity contribution in [3.8, 4) is 0 Å². The molecule has 5 atom stereocenters. The fourth-order valence-corrected chi connectivity index (χ4v) is 9.44. The fraction of sp³-hybridized carbons (Fsp3) is 0.477. The SMILES string of the molecule is CCCC(NC(=O)[C@@H]1CC(NS(=O)(=O)c2cccc3ccccc23)CN1C(=O)[C@H](NC(=O)OCC(C)C)C1CCCCC1)C(=O)C(=O)NCC(=O)N[C@@H](C(N)=O)c1ccccc1. The zero-order valence-electron chi connectivity index (χ0n) is 35.3. The highest BCUT2D eigenvalue weighted by atomic mass is 32.2. The van der Waals surface area contributed by atoms with E-state index in [0.29, 0.717) is 35.6 Å². The number of carbonyl (C=O) groups is 7. The van der Waals surface area contributed by atoms with E-state index < -0.39 is 88.2 Å². The Morgan fingerprint density at radius 1 is 0.855 bits per heavy atom. The molecule has 0 aromatic heterocycles. The maximum absolute atomic E-state index is 14.7. The van der Waals surface area contributed by atoms with Crippen LogP contribution < -0.4 is 31.7 Å². The van der Waals surface area contributed by atoms with Crippen LogP contribution in [-0.4, -0.2) is 98.6 Å². The number of nitrogens with zero attached hydrogens (tertiary/aromatic N) is 1. The van der Waals surface area contributed by atoms with Crippen LogP contribution in [0.25, 0.3) is 10.8 Å². The minimum atomic E-state index is -4.22. The van der Waals surface area contributed by atoms with E-state index >= 15 is 0 Å². The number of amides is 6. The van der Waals surface area contributed by atoms with E-state index in [9.17, 15) is 42.0 Å². The van der Waals surface area contributed by atoms with E-state index in [1.54, 1.807) is 73.7 Å². The largest absolute Gasteiger partial charge is 0.449 e. The molecule has 1 aliphatic heterocycles. The third-order valence-electron chi connectivity index (χ3n) is 11.0. The predicted octanol–water partition coefficient (Wildman–Crippen LogP) is 2.73. The quantitative estimate of drug-likeness (QED) is 0.0961. The number of primary amides is 1. The summed E-state index contributed by atoms with van der Waals surface area (Å²) in [6.07, 6.45) is 3.19. The van der Waals surface area contributed by atoms with Crippen LogP contribution in [0.4, 0.5) is 4.79 Å². The number of alkyl carbamates (subject to hydrolysis) is 1. The first-order valence-electron chi connectivity index (χ1n) is 21.1. The zero-order chi connectivity index (χ0) is 45.0. The van der Waals surface area contributed by atoms with Crippen molar-refractivity contribution in [1.29, 1.82) is 0 Å². The molecule has 0 spiro atoms. The number of ketones is 1. The number of hydrogen-bond acceptors (Lipinski definition) is 10. The summed E-state index contributed by atoms with van der Waals surface area (Å²) >= 11 is 0. The maximum atomic E-state index is 14.7. The lowest BCUT2D eigenvalue weighted by Gasteiger charge is -2.34. The first-order valence-corrected chi connectivity index (χ1v) is 22.6. The summed E-state index contributed by atoms with van der Waals surface area (Å²) in [6.45, 7) is 4.64. The van der Waals surface area contributed by atoms with Gasteiger partial charge in [0.25, 0.3) is 5.91 Å². The lowest BCUT2D eigenvalue weighted by atomic mass is 9.83. The van der Waals surface area contributed by atoms with Crippen LogP contribution in [0.2, 0.25) is 0 Å². The summed E-state index contributed by atoms with van der Waals surface area (Å²) < 4.78 is 36.0. The smallest absolute Gasteiger partial charge is 0.407 e. The van der Waals surface area contributed by atoms with Crippen LogP contribution in [-0.2, 0) is 43.5 Å². The predicted molar refractivity (Wildman–Crippen MR) is 229 cm³/mol. The van der Waals surface area contributed by atoms with Crippen molar-refractivity contribution in [3.63, 3.8) is 0 Å². The summed E-state index contributed by atoms with van der Waals surface area (Å²) in [5.41, 5.74) is 5.90. The molecular formula is C44H57N7O10S. The molecule has 3 aromatic rings. The van der Waals surface area contributed by atoms with Crippen LogP contribution in [0.1, 0.15) is 83.7 Å². The van der Waals surface area contributed by atoms with Gasteiger partial charge in [0, 0.05) is 18.0 Å². The highest BCUT2D eigenvalue weighted by molar-refractivity contribution is 7.89. The van der Waals surface area contributed by atoms with Gasteiger partial charge in [0.1, 0.15) is 18.1 Å². The van der Waals surface area contributed by atoms with Gasteiger partial charge < -0.3 is 36.6 Å². The molecule has 2 unspecified atom stereocenters. The second-order valence-electron chi connectivity index (χ2n) is 16.3. The molecule has 1 heterocycles. The lowest BCUT2D eigenvalue weighted by molar-refractivity contribution is -0.143. The first kappa shape index (κ1) is 47.2. The molecule has 2 aliphatic rings. The molecule has 62 heavy (non-hydrogen) atoms. The van der Waals surface area contributed by atoms with Crippen molar-refractivity contribution in [2.24, 2.45) is 17.6 Å². The fourth-order valence-electron chi connectivity index (χ4n) is 7.97. The van der Waals surface area contributed by atoms with Crippen LogP contribution >= 0.6 is 0 Å². The molecule has 3 aromatic carbocycles. The number of Topliss-reactive ketones (excluding diaryl/α,β-unsaturated/α-hetero) is 1. The second-order valence-corrected chi connectivity index (χ2v) is 17.9. The summed E-state index contributed by atoms with van der Waals surface area (Å²) in [6, 6.07) is 14.1. The number of nitrogens with one attached hydrogen (secondary N) is 5. The topological polar surface area (TPSA) is 252 Å². The number of rotatable bonds is 19. The van der Waals surface area contributed by atoms with Gasteiger partial charge >= 0.3 is 6.09 Å². The third-order valence-corrected chi connectivity index (χ3v) is 12.6. The molecule has 7 N–H and O–H groups in total. The summed E-state index contributed by atoms with van der Waals surface area (Å²) in [5.74, 6) is -5.60. The van der Waals surface area contributed by atoms with Gasteiger partial charge in [-0.05, 0) is 54.5 Å². The van der Waals surface area contributed by atoms with Crippen molar-refractivity contribution in [3.05, 3.63) is 78.4 Å². The number of ether oxygens (including phenoxy) is 1. The van der Waals surface area contributed by atoms with Crippen molar-refractivity contribution >= 4 is 62.2 Å². The standard InChI is InChI=1S/C44H57N7O10S/c1-4-14-33(39(53)42(56)46-24-36(52)48-37(40(45)54)29-16-7-5-8-17-29)47-41(55)34-23-31(50-62(59,60)35-22-13-20-28-15-11-12-21-32(28)35)25-51(34)43(57)38(30-18-9-6-10-19-30)49-44(58)61-26-27(2)3/h5,7-8,11-13,15-17,20-22,27,30-31,33-34,37-38,50H,4,6,9-10,14,18-19,23-26H2,1-3H3,(H2,45,54)(H,46,56)(H,47,55)(H,48,52)(H,49,58)/t31?,33?,34-,37+,38+/m0/s1. The monoisotopic (exact) mass is 875 g/mol. The second kappa shape index (κ2) is 21.8. The molecule has 17 nitrogen and oxygen atoms in total. The van der Waals surface area contributed by atoms with Gasteiger partial charge in [0.2, 0.25) is 39.4 Å². The zero-order valence-corrected chi connectivity index (χ0v) is 36.1. The number of fused-ring (bicyclic) bond motifs is 1.